The largest absolute Gasteiger partial charge is 0.480 e. The summed E-state index contributed by atoms with van der Waals surface area (Å²) in [5, 5.41) is 9.90. The van der Waals surface area contributed by atoms with E-state index in [9.17, 15) is 32.3 Å². The lowest BCUT2D eigenvalue weighted by Crippen LogP contribution is -2.09. The maximum absolute atomic E-state index is 13.5. The minimum atomic E-state index is -4.44. The molecule has 0 saturated carbocycles. The number of Topliss-reactive ketones (excluding diaryl/α,β-unsaturated/α-hetero) is 1. The maximum Gasteiger partial charge on any atom is 0.389 e. The number of benzene rings is 2. The van der Waals surface area contributed by atoms with Crippen molar-refractivity contribution in [1.82, 2.24) is 4.98 Å². The van der Waals surface area contributed by atoms with Gasteiger partial charge in [-0.3, -0.25) is 4.79 Å². The summed E-state index contributed by atoms with van der Waals surface area (Å²) in [5.74, 6) is -2.09. The second kappa shape index (κ2) is 10.0. The van der Waals surface area contributed by atoms with Gasteiger partial charge < -0.3 is 14.3 Å². The number of nitrogens with zero attached hydrogens (tertiary/aromatic N) is 1. The minimum Gasteiger partial charge on any atom is -0.480 e. The first-order chi connectivity index (χ1) is 17.5. The van der Waals surface area contributed by atoms with Crippen molar-refractivity contribution in [3.8, 4) is 28.3 Å². The molecular weight excluding hydrogens is 494 g/mol. The number of rotatable bonds is 8. The molecule has 2 heterocycles. The zero-order chi connectivity index (χ0) is 26.9. The summed E-state index contributed by atoms with van der Waals surface area (Å²) in [6.07, 6.45) is -4.59. The Balaban J connectivity index is 2.00. The van der Waals surface area contributed by atoms with E-state index in [-0.39, 0.29) is 57.2 Å². The summed E-state index contributed by atoms with van der Waals surface area (Å²) in [7, 11) is 1.25. The van der Waals surface area contributed by atoms with Gasteiger partial charge in [0.25, 0.3) is 0 Å². The van der Waals surface area contributed by atoms with Crippen LogP contribution in [0.15, 0.2) is 53.1 Å². The number of aromatic nitrogens is 1. The van der Waals surface area contributed by atoms with Crippen LogP contribution in [-0.2, 0) is 6.42 Å². The summed E-state index contributed by atoms with van der Waals surface area (Å²) in [6, 6.07) is 9.48. The van der Waals surface area contributed by atoms with Gasteiger partial charge in [0.15, 0.2) is 5.78 Å². The molecule has 2 aromatic carbocycles. The van der Waals surface area contributed by atoms with Crippen LogP contribution in [0.1, 0.15) is 46.0 Å². The van der Waals surface area contributed by atoms with Gasteiger partial charge in [-0.15, -0.1) is 0 Å². The molecule has 0 aliphatic carbocycles. The Kier molecular flexibility index (Phi) is 7.02. The van der Waals surface area contributed by atoms with Gasteiger partial charge >= 0.3 is 12.1 Å². The van der Waals surface area contributed by atoms with Crippen LogP contribution < -0.4 is 4.74 Å². The molecule has 0 fully saturated rings. The van der Waals surface area contributed by atoms with Gasteiger partial charge in [-0.05, 0) is 60.0 Å². The lowest BCUT2D eigenvalue weighted by atomic mass is 9.92. The second-order valence-corrected chi connectivity index (χ2v) is 8.30. The van der Waals surface area contributed by atoms with Crippen molar-refractivity contribution in [1.29, 1.82) is 0 Å². The Hall–Kier alpha value is -4.21. The Morgan fingerprint density at radius 2 is 1.78 bits per heavy atom. The molecule has 4 aromatic rings. The molecule has 0 saturated heterocycles. The lowest BCUT2D eigenvalue weighted by Gasteiger charge is -2.13. The molecule has 192 valence electrons. The molecule has 0 amide bonds. The molecule has 0 spiro atoms. The van der Waals surface area contributed by atoms with Crippen molar-refractivity contribution in [2.75, 3.05) is 7.11 Å². The van der Waals surface area contributed by atoms with Crippen molar-refractivity contribution in [2.24, 2.45) is 0 Å². The van der Waals surface area contributed by atoms with Crippen LogP contribution in [-0.4, -0.2) is 35.1 Å². The first-order valence-electron chi connectivity index (χ1n) is 11.3. The molecule has 0 atom stereocenters. The highest BCUT2D eigenvalue weighted by atomic mass is 19.4. The first-order valence-corrected chi connectivity index (χ1v) is 11.3. The topological polar surface area (TPSA) is 89.6 Å². The number of carboxylic acid groups (broad SMARTS) is 1. The number of ether oxygens (including phenoxy) is 1. The van der Waals surface area contributed by atoms with Crippen LogP contribution in [0.2, 0.25) is 0 Å². The Morgan fingerprint density at radius 1 is 1.08 bits per heavy atom. The molecule has 1 N–H and O–H groups in total. The molecule has 6 nitrogen and oxygen atoms in total. The Labute approximate surface area is 208 Å². The van der Waals surface area contributed by atoms with E-state index in [0.29, 0.717) is 10.9 Å². The van der Waals surface area contributed by atoms with Crippen LogP contribution in [0.4, 0.5) is 17.6 Å². The van der Waals surface area contributed by atoms with Gasteiger partial charge in [0.1, 0.15) is 22.7 Å². The van der Waals surface area contributed by atoms with Crippen molar-refractivity contribution >= 4 is 22.7 Å². The first kappa shape index (κ1) is 25.9. The van der Waals surface area contributed by atoms with Gasteiger partial charge in [0.2, 0.25) is 5.88 Å². The third-order valence-electron chi connectivity index (χ3n) is 5.88. The number of hydrogen-bond donors (Lipinski definition) is 1. The van der Waals surface area contributed by atoms with Crippen molar-refractivity contribution < 1.29 is 41.4 Å². The highest BCUT2D eigenvalue weighted by molar-refractivity contribution is 6.13. The number of hydrogen-bond acceptors (Lipinski definition) is 5. The number of carboxylic acids is 1. The molecule has 37 heavy (non-hydrogen) atoms. The number of pyridine rings is 1. The highest BCUT2D eigenvalue weighted by Crippen LogP contribution is 2.40. The molecule has 10 heteroatoms. The summed E-state index contributed by atoms with van der Waals surface area (Å²) in [6.45, 7) is 1.65. The monoisotopic (exact) mass is 515 g/mol. The van der Waals surface area contributed by atoms with Gasteiger partial charge in [-0.1, -0.05) is 6.92 Å². The fourth-order valence-corrected chi connectivity index (χ4v) is 4.11. The molecular formula is C27H21F4NO5. The standard InChI is InChI=1S/C27H21F4NO5/c1-3-21(33)23-19-12-18(16-10-20(26(34)35)25(36-2)32-13-16)15(8-9-27(29,30)31)11-22(19)37-24(23)14-4-6-17(28)7-5-14/h4-7,10-13H,3,8-9H2,1-2H3,(H,34,35). The van der Waals surface area contributed by atoms with Gasteiger partial charge in [0.05, 0.1) is 12.7 Å². The van der Waals surface area contributed by atoms with Crippen LogP contribution in [0, 0.1) is 5.82 Å². The molecule has 0 radical (unpaired) electrons. The van der Waals surface area contributed by atoms with Gasteiger partial charge in [-0.2, -0.15) is 13.2 Å². The number of furan rings is 1. The van der Waals surface area contributed by atoms with E-state index in [4.69, 9.17) is 9.15 Å². The minimum absolute atomic E-state index is 0.112. The molecule has 0 aliphatic rings. The van der Waals surface area contributed by atoms with Crippen LogP contribution in [0.5, 0.6) is 5.88 Å². The zero-order valence-electron chi connectivity index (χ0n) is 19.8. The lowest BCUT2D eigenvalue weighted by molar-refractivity contribution is -0.133. The number of aryl methyl sites for hydroxylation is 1. The number of carbonyl (C=O) groups is 2. The Bertz CT molecular complexity index is 1490. The van der Waals surface area contributed by atoms with E-state index in [1.54, 1.807) is 6.92 Å². The summed E-state index contributed by atoms with van der Waals surface area (Å²) < 4.78 is 63.8. The quantitative estimate of drug-likeness (QED) is 0.199. The predicted octanol–water partition coefficient (Wildman–Crippen LogP) is 7.10. The molecule has 4 rings (SSSR count). The molecule has 0 bridgehead atoms. The normalized spacial score (nSPS) is 11.6. The summed E-state index contributed by atoms with van der Waals surface area (Å²) in [4.78, 5) is 28.7. The van der Waals surface area contributed by atoms with Crippen molar-refractivity contribution in [3.05, 3.63) is 71.2 Å². The third-order valence-corrected chi connectivity index (χ3v) is 5.88. The average molecular weight is 515 g/mol. The van der Waals surface area contributed by atoms with E-state index in [1.165, 1.54) is 55.8 Å². The van der Waals surface area contributed by atoms with Crippen molar-refractivity contribution in [3.63, 3.8) is 0 Å². The summed E-state index contributed by atoms with van der Waals surface area (Å²) >= 11 is 0. The number of carbonyl (C=O) groups excluding carboxylic acids is 1. The SMILES string of the molecule is CCC(=O)c1c(-c2ccc(F)cc2)oc2cc(CCC(F)(F)F)c(-c3cnc(OC)c(C(=O)O)c3)cc12. The number of fused-ring (bicyclic) bond motifs is 1. The highest BCUT2D eigenvalue weighted by Gasteiger charge is 2.29. The number of halogens is 4. The van der Waals surface area contributed by atoms with Gasteiger partial charge in [0, 0.05) is 35.6 Å². The fraction of sp³-hybridized carbons (Fsp3) is 0.222. The maximum atomic E-state index is 13.5. The molecule has 2 aromatic heterocycles. The van der Waals surface area contributed by atoms with E-state index in [0.717, 1.165) is 0 Å². The van der Waals surface area contributed by atoms with E-state index in [2.05, 4.69) is 4.98 Å². The summed E-state index contributed by atoms with van der Waals surface area (Å²) in [5.41, 5.74) is 1.26. The number of methoxy groups -OCH3 is 1. The number of ketones is 1. The van der Waals surface area contributed by atoms with Crippen molar-refractivity contribution in [2.45, 2.75) is 32.4 Å². The van der Waals surface area contributed by atoms with E-state index < -0.39 is 30.8 Å². The van der Waals surface area contributed by atoms with Crippen LogP contribution in [0.3, 0.4) is 0 Å². The van der Waals surface area contributed by atoms with E-state index >= 15 is 0 Å². The van der Waals surface area contributed by atoms with E-state index in [1.807, 2.05) is 0 Å². The third kappa shape index (κ3) is 5.32. The Morgan fingerprint density at radius 3 is 2.38 bits per heavy atom. The predicted molar refractivity (Wildman–Crippen MR) is 127 cm³/mol. The fourth-order valence-electron chi connectivity index (χ4n) is 4.11. The molecule has 0 aliphatic heterocycles. The van der Waals surface area contributed by atoms with Crippen LogP contribution in [0.25, 0.3) is 33.4 Å². The second-order valence-electron chi connectivity index (χ2n) is 8.30. The smallest absolute Gasteiger partial charge is 0.389 e. The van der Waals surface area contributed by atoms with Crippen LogP contribution >= 0.6 is 0 Å². The number of alkyl halides is 3. The average Bonchev–Trinajstić information content (AvgIpc) is 3.24. The van der Waals surface area contributed by atoms with Gasteiger partial charge in [-0.25, -0.2) is 14.2 Å². The zero-order valence-corrected chi connectivity index (χ0v) is 19.8. The number of aromatic carboxylic acids is 1. The molecule has 0 unspecified atom stereocenters.